The van der Waals surface area contributed by atoms with Gasteiger partial charge < -0.3 is 14.9 Å². The number of carbonyl (C=O) groups is 1. The molecule has 1 saturated heterocycles. The predicted octanol–water partition coefficient (Wildman–Crippen LogP) is 4.88. The molecule has 1 fully saturated rings. The average molecular weight is 507 g/mol. The topological polar surface area (TPSA) is 47.0 Å². The zero-order valence-electron chi connectivity index (χ0n) is 19.9. The van der Waals surface area contributed by atoms with Crippen molar-refractivity contribution in [3.05, 3.63) is 76.7 Å². The Hall–Kier alpha value is -2.78. The van der Waals surface area contributed by atoms with E-state index in [0.717, 1.165) is 15.6 Å². The zero-order chi connectivity index (χ0) is 24.6. The van der Waals surface area contributed by atoms with Gasteiger partial charge >= 0.3 is 0 Å². The van der Waals surface area contributed by atoms with Gasteiger partial charge in [0.2, 0.25) is 0 Å². The molecule has 0 saturated carbocycles. The van der Waals surface area contributed by atoms with Crippen LogP contribution in [0, 0.1) is 6.92 Å². The van der Waals surface area contributed by atoms with Crippen molar-refractivity contribution in [3.63, 3.8) is 0 Å². The molecule has 0 aliphatic carbocycles. The molecule has 1 aliphatic heterocycles. The Bertz CT molecular complexity index is 1270. The lowest BCUT2D eigenvalue weighted by molar-refractivity contribution is -0.126. The molecule has 4 rings (SSSR count). The molecule has 1 aliphatic rings. The van der Waals surface area contributed by atoms with Crippen LogP contribution in [-0.2, 0) is 4.79 Å². The molecule has 1 atom stereocenters. The molecule has 1 N–H and O–H groups in total. The second-order valence-electron chi connectivity index (χ2n) is 8.55. The molecule has 0 bridgehead atoms. The molecule has 2 aromatic carbocycles. The van der Waals surface area contributed by atoms with E-state index in [9.17, 15) is 9.90 Å². The van der Waals surface area contributed by atoms with Gasteiger partial charge in [-0.2, -0.15) is 0 Å². The van der Waals surface area contributed by atoms with Crippen LogP contribution in [0.5, 0.6) is 0 Å². The summed E-state index contributed by atoms with van der Waals surface area (Å²) in [5.41, 5.74) is 3.79. The third-order valence-electron chi connectivity index (χ3n) is 5.96. The van der Waals surface area contributed by atoms with Gasteiger partial charge in [0.25, 0.3) is 5.91 Å². The van der Waals surface area contributed by atoms with Crippen LogP contribution >= 0.6 is 23.6 Å². The fourth-order valence-corrected chi connectivity index (χ4v) is 6.35. The minimum Gasteiger partial charge on any atom is -0.369 e. The van der Waals surface area contributed by atoms with E-state index in [4.69, 9.17) is 12.2 Å². The van der Waals surface area contributed by atoms with E-state index in [1.807, 2.05) is 6.07 Å². The van der Waals surface area contributed by atoms with Crippen molar-refractivity contribution < 1.29 is 9.90 Å². The summed E-state index contributed by atoms with van der Waals surface area (Å²) in [4.78, 5) is 18.9. The number of nitrogens with zero attached hydrogens (tertiary/aromatic N) is 3. The molecular formula is C26H28N3O2S2Si. The maximum Gasteiger partial charge on any atom is 0.260 e. The van der Waals surface area contributed by atoms with Crippen molar-refractivity contribution in [3.8, 4) is 0 Å². The fourth-order valence-electron chi connectivity index (χ4n) is 4.04. The maximum atomic E-state index is 12.8. The van der Waals surface area contributed by atoms with Crippen LogP contribution in [0.25, 0.3) is 6.08 Å². The van der Waals surface area contributed by atoms with Crippen molar-refractivity contribution in [1.29, 1.82) is 0 Å². The van der Waals surface area contributed by atoms with E-state index in [-0.39, 0.29) is 5.91 Å². The summed E-state index contributed by atoms with van der Waals surface area (Å²) in [5, 5.41) is 13.4. The van der Waals surface area contributed by atoms with Gasteiger partial charge in [-0.1, -0.05) is 49.5 Å². The molecule has 175 valence electrons. The number of para-hydroxylation sites is 2. The number of aliphatic hydroxyl groups excluding tert-OH is 1. The van der Waals surface area contributed by atoms with Gasteiger partial charge in [-0.05, 0) is 60.2 Å². The minimum atomic E-state index is -1.07. The lowest BCUT2D eigenvalue weighted by Gasteiger charge is -2.37. The molecule has 5 nitrogen and oxygen atoms in total. The lowest BCUT2D eigenvalue weighted by Crippen LogP contribution is -2.55. The first kappa shape index (κ1) is 24.3. The number of thiophene rings is 1. The Morgan fingerprint density at radius 3 is 2.35 bits per heavy atom. The van der Waals surface area contributed by atoms with Crippen molar-refractivity contribution in [1.82, 2.24) is 9.80 Å². The number of anilines is 3. The summed E-state index contributed by atoms with van der Waals surface area (Å²) < 4.78 is 0. The number of carbonyl (C=O) groups excluding carboxylic acids is 1. The molecule has 1 aromatic heterocycles. The highest BCUT2D eigenvalue weighted by Crippen LogP contribution is 2.40. The van der Waals surface area contributed by atoms with Gasteiger partial charge in [0.05, 0.1) is 14.4 Å². The van der Waals surface area contributed by atoms with E-state index < -0.39 is 15.0 Å². The molecule has 34 heavy (non-hydrogen) atoms. The maximum absolute atomic E-state index is 12.8. The Morgan fingerprint density at radius 2 is 1.68 bits per heavy atom. The van der Waals surface area contributed by atoms with Crippen molar-refractivity contribution in [2.75, 3.05) is 19.0 Å². The second kappa shape index (κ2) is 9.83. The Morgan fingerprint density at radius 1 is 1.03 bits per heavy atom. The van der Waals surface area contributed by atoms with Crippen LogP contribution in [0.1, 0.15) is 10.4 Å². The van der Waals surface area contributed by atoms with Gasteiger partial charge in [0.1, 0.15) is 5.00 Å². The SMILES string of the molecule is Cc1ccccc1N(c1ccc(/C=C2/C(=O)N(C)C(=S)N(C)C2O)s1)c1ccccc1[Si](C)C. The summed E-state index contributed by atoms with van der Waals surface area (Å²) in [6, 6.07) is 21.0. The predicted molar refractivity (Wildman–Crippen MR) is 148 cm³/mol. The van der Waals surface area contributed by atoms with E-state index in [2.05, 4.69) is 79.5 Å². The molecule has 1 amide bonds. The summed E-state index contributed by atoms with van der Waals surface area (Å²) >= 11 is 6.85. The summed E-state index contributed by atoms with van der Waals surface area (Å²) in [6.07, 6.45) is 0.701. The second-order valence-corrected chi connectivity index (χ2v) is 12.5. The number of aryl methyl sites for hydroxylation is 1. The molecule has 2 heterocycles. The Balaban J connectivity index is 1.81. The summed E-state index contributed by atoms with van der Waals surface area (Å²) in [6.45, 7) is 6.73. The number of rotatable bonds is 5. The third-order valence-corrected chi connectivity index (χ3v) is 9.04. The number of benzene rings is 2. The zero-order valence-corrected chi connectivity index (χ0v) is 22.6. The van der Waals surface area contributed by atoms with Gasteiger partial charge in [-0.15, -0.1) is 11.3 Å². The highest BCUT2D eigenvalue weighted by Gasteiger charge is 2.35. The minimum absolute atomic E-state index is 0.282. The van der Waals surface area contributed by atoms with Crippen LogP contribution in [0.3, 0.4) is 0 Å². The normalized spacial score (nSPS) is 17.7. The molecule has 8 heteroatoms. The van der Waals surface area contributed by atoms with Crippen molar-refractivity contribution in [2.24, 2.45) is 0 Å². The molecule has 1 unspecified atom stereocenters. The number of aliphatic hydroxyl groups is 1. The quantitative estimate of drug-likeness (QED) is 0.304. The first-order chi connectivity index (χ1) is 16.2. The monoisotopic (exact) mass is 506 g/mol. The fraction of sp³-hybridized carbons (Fsp3) is 0.231. The molecular weight excluding hydrogens is 479 g/mol. The lowest BCUT2D eigenvalue weighted by atomic mass is 10.1. The van der Waals surface area contributed by atoms with E-state index in [1.54, 1.807) is 31.5 Å². The average Bonchev–Trinajstić information content (AvgIpc) is 3.29. The number of amides is 1. The Kier molecular flexibility index (Phi) is 7.04. The number of thiocarbonyl (C=S) groups is 1. The first-order valence-electron chi connectivity index (χ1n) is 11.0. The third kappa shape index (κ3) is 4.46. The van der Waals surface area contributed by atoms with E-state index >= 15 is 0 Å². The van der Waals surface area contributed by atoms with Crippen LogP contribution in [0.4, 0.5) is 16.4 Å². The van der Waals surface area contributed by atoms with Crippen molar-refractivity contribution >= 4 is 71.0 Å². The van der Waals surface area contributed by atoms with Crippen LogP contribution in [-0.4, -0.2) is 55.0 Å². The number of hydrogen-bond donors (Lipinski definition) is 1. The molecule has 0 spiro atoms. The largest absolute Gasteiger partial charge is 0.369 e. The van der Waals surface area contributed by atoms with Gasteiger partial charge in [-0.25, -0.2) is 0 Å². The van der Waals surface area contributed by atoms with Gasteiger partial charge in [0, 0.05) is 30.3 Å². The summed E-state index contributed by atoms with van der Waals surface area (Å²) in [5.74, 6) is -0.282. The Labute approximate surface area is 212 Å². The highest BCUT2D eigenvalue weighted by atomic mass is 32.1. The highest BCUT2D eigenvalue weighted by molar-refractivity contribution is 7.80. The van der Waals surface area contributed by atoms with Crippen LogP contribution < -0.4 is 10.1 Å². The number of hydrogen-bond acceptors (Lipinski definition) is 5. The molecule has 1 radical (unpaired) electrons. The first-order valence-corrected chi connectivity index (χ1v) is 14.7. The van der Waals surface area contributed by atoms with Crippen LogP contribution in [0.2, 0.25) is 13.1 Å². The van der Waals surface area contributed by atoms with E-state index in [1.165, 1.54) is 26.2 Å². The van der Waals surface area contributed by atoms with Crippen LogP contribution in [0.15, 0.2) is 66.2 Å². The van der Waals surface area contributed by atoms with Gasteiger partial charge in [0.15, 0.2) is 11.3 Å². The summed E-state index contributed by atoms with van der Waals surface area (Å²) in [7, 11) is 2.61. The smallest absolute Gasteiger partial charge is 0.260 e. The standard InChI is InChI=1S/C26H28N3O2S2Si/c1-17-10-6-7-11-20(17)29(21-12-8-9-13-22(21)34(4)5)23-15-14-18(33-23)16-19-24(30)27(2)26(32)28(3)25(19)31/h6-16,24,30H,1-5H3/b19-16+. The van der Waals surface area contributed by atoms with Crippen molar-refractivity contribution in [2.45, 2.75) is 26.2 Å². The van der Waals surface area contributed by atoms with Gasteiger partial charge in [-0.3, -0.25) is 9.69 Å². The van der Waals surface area contributed by atoms with E-state index in [0.29, 0.717) is 10.7 Å². The number of likely N-dealkylation sites (N-methyl/N-ethyl adjacent to an activating group) is 2. The molecule has 3 aromatic rings.